The predicted octanol–water partition coefficient (Wildman–Crippen LogP) is 4.27. The van der Waals surface area contributed by atoms with E-state index in [-0.39, 0.29) is 6.04 Å². The van der Waals surface area contributed by atoms with E-state index in [1.807, 2.05) is 7.05 Å². The molecule has 1 heterocycles. The highest BCUT2D eigenvalue weighted by atomic mass is 16.3. The first-order valence-electron chi connectivity index (χ1n) is 6.63. The molecule has 0 aliphatic heterocycles. The topological polar surface area (TPSA) is 25.2 Å². The Morgan fingerprint density at radius 2 is 1.72 bits per heavy atom. The van der Waals surface area contributed by atoms with Crippen LogP contribution in [0.1, 0.15) is 42.3 Å². The van der Waals surface area contributed by atoms with Gasteiger partial charge in [-0.05, 0) is 56.5 Å². The average Bonchev–Trinajstić information content (AvgIpc) is 2.72. The summed E-state index contributed by atoms with van der Waals surface area (Å²) in [6, 6.07) is 4.70. The maximum Gasteiger partial charge on any atom is 0.137 e. The van der Waals surface area contributed by atoms with Crippen molar-refractivity contribution in [2.75, 3.05) is 7.05 Å². The zero-order chi connectivity index (χ0) is 13.4. The van der Waals surface area contributed by atoms with Gasteiger partial charge in [0.2, 0.25) is 0 Å². The lowest BCUT2D eigenvalue weighted by Crippen LogP contribution is -2.20. The van der Waals surface area contributed by atoms with Gasteiger partial charge in [-0.25, -0.2) is 0 Å². The van der Waals surface area contributed by atoms with Crippen LogP contribution in [-0.2, 0) is 0 Å². The molecule has 1 N–H and O–H groups in total. The highest BCUT2D eigenvalue weighted by Crippen LogP contribution is 2.32. The summed E-state index contributed by atoms with van der Waals surface area (Å²) in [6.45, 7) is 10.8. The van der Waals surface area contributed by atoms with Crippen molar-refractivity contribution in [3.63, 3.8) is 0 Å². The number of nitrogens with one attached hydrogen (secondary N) is 1. The summed E-state index contributed by atoms with van der Waals surface area (Å²) in [4.78, 5) is 0. The van der Waals surface area contributed by atoms with Crippen molar-refractivity contribution in [3.8, 4) is 0 Å². The Kier molecular flexibility index (Phi) is 3.49. The number of hydrogen-bond donors (Lipinski definition) is 1. The van der Waals surface area contributed by atoms with Gasteiger partial charge in [0.25, 0.3) is 0 Å². The molecule has 0 aliphatic carbocycles. The Hall–Kier alpha value is -1.28. The van der Waals surface area contributed by atoms with E-state index < -0.39 is 0 Å². The molecule has 1 atom stereocenters. The Labute approximate surface area is 109 Å². The summed E-state index contributed by atoms with van der Waals surface area (Å²) in [7, 11) is 1.99. The molecular weight excluding hydrogens is 222 g/mol. The summed E-state index contributed by atoms with van der Waals surface area (Å²) < 4.78 is 6.11. The normalized spacial score (nSPS) is 13.5. The van der Waals surface area contributed by atoms with Gasteiger partial charge in [0, 0.05) is 5.39 Å². The van der Waals surface area contributed by atoms with E-state index >= 15 is 0 Å². The van der Waals surface area contributed by atoms with E-state index in [4.69, 9.17) is 4.42 Å². The van der Waals surface area contributed by atoms with Crippen LogP contribution >= 0.6 is 0 Å². The van der Waals surface area contributed by atoms with Crippen molar-refractivity contribution >= 4 is 11.0 Å². The van der Waals surface area contributed by atoms with Gasteiger partial charge in [-0.2, -0.15) is 0 Å². The fraction of sp³-hybridized carbons (Fsp3) is 0.500. The number of furan rings is 1. The lowest BCUT2D eigenvalue weighted by atomic mass is 10.00. The number of aryl methyl sites for hydroxylation is 3. The van der Waals surface area contributed by atoms with Crippen LogP contribution in [0.4, 0.5) is 0 Å². The van der Waals surface area contributed by atoms with Crippen LogP contribution in [0.25, 0.3) is 11.0 Å². The number of hydrogen-bond acceptors (Lipinski definition) is 2. The van der Waals surface area contributed by atoms with Gasteiger partial charge in [-0.3, -0.25) is 0 Å². The van der Waals surface area contributed by atoms with Gasteiger partial charge in [0.05, 0.1) is 6.04 Å². The van der Waals surface area contributed by atoms with E-state index in [1.165, 1.54) is 22.1 Å². The molecule has 2 nitrogen and oxygen atoms in total. The second-order valence-electron chi connectivity index (χ2n) is 5.54. The minimum atomic E-state index is 0.275. The molecule has 0 bridgehead atoms. The minimum absolute atomic E-state index is 0.275. The Bertz CT molecular complexity index is 566. The van der Waals surface area contributed by atoms with Gasteiger partial charge >= 0.3 is 0 Å². The molecule has 2 aromatic rings. The number of benzene rings is 1. The second kappa shape index (κ2) is 4.77. The van der Waals surface area contributed by atoms with Crippen molar-refractivity contribution in [2.24, 2.45) is 5.92 Å². The molecule has 98 valence electrons. The smallest absolute Gasteiger partial charge is 0.137 e. The number of fused-ring (bicyclic) bond motifs is 1. The molecule has 0 saturated heterocycles. The molecule has 0 aliphatic rings. The van der Waals surface area contributed by atoms with E-state index in [1.54, 1.807) is 0 Å². The summed E-state index contributed by atoms with van der Waals surface area (Å²) in [5.74, 6) is 1.55. The molecule has 1 unspecified atom stereocenters. The first-order chi connectivity index (χ1) is 8.45. The average molecular weight is 245 g/mol. The van der Waals surface area contributed by atoms with Gasteiger partial charge in [0.15, 0.2) is 0 Å². The van der Waals surface area contributed by atoms with E-state index in [2.05, 4.69) is 52.1 Å². The zero-order valence-electron chi connectivity index (χ0n) is 12.2. The van der Waals surface area contributed by atoms with Crippen molar-refractivity contribution < 1.29 is 4.42 Å². The van der Waals surface area contributed by atoms with Gasteiger partial charge < -0.3 is 9.73 Å². The van der Waals surface area contributed by atoms with E-state index in [0.29, 0.717) is 5.92 Å². The fourth-order valence-electron chi connectivity index (χ4n) is 2.63. The molecule has 1 aromatic carbocycles. The van der Waals surface area contributed by atoms with Crippen LogP contribution in [0.15, 0.2) is 16.5 Å². The third kappa shape index (κ3) is 2.05. The Morgan fingerprint density at radius 1 is 1.06 bits per heavy atom. The standard InChI is InChI=1S/C16H23NO/c1-9(2)15(17-6)14-8-13-11(4)7-10(3)12(5)16(13)18-14/h7-9,15,17H,1-6H3. The van der Waals surface area contributed by atoms with Crippen LogP contribution in [0.5, 0.6) is 0 Å². The van der Waals surface area contributed by atoms with Crippen LogP contribution in [0, 0.1) is 26.7 Å². The quantitative estimate of drug-likeness (QED) is 0.873. The molecule has 0 spiro atoms. The first kappa shape index (κ1) is 13.2. The molecule has 2 heteroatoms. The summed E-state index contributed by atoms with van der Waals surface area (Å²) in [5, 5.41) is 4.58. The first-order valence-corrected chi connectivity index (χ1v) is 6.63. The summed E-state index contributed by atoms with van der Waals surface area (Å²) in [6.07, 6.45) is 0. The molecule has 18 heavy (non-hydrogen) atoms. The highest BCUT2D eigenvalue weighted by Gasteiger charge is 2.19. The van der Waals surface area contributed by atoms with Crippen LogP contribution in [-0.4, -0.2) is 7.05 Å². The van der Waals surface area contributed by atoms with Gasteiger partial charge in [-0.1, -0.05) is 19.9 Å². The predicted molar refractivity (Wildman–Crippen MR) is 77.1 cm³/mol. The van der Waals surface area contributed by atoms with Crippen LogP contribution in [0.3, 0.4) is 0 Å². The van der Waals surface area contributed by atoms with Crippen LogP contribution < -0.4 is 5.32 Å². The maximum absolute atomic E-state index is 6.11. The monoisotopic (exact) mass is 245 g/mol. The third-order valence-electron chi connectivity index (χ3n) is 3.83. The molecule has 0 radical (unpaired) electrons. The van der Waals surface area contributed by atoms with Crippen molar-refractivity contribution in [1.82, 2.24) is 5.32 Å². The molecular formula is C16H23NO. The SMILES string of the molecule is CNC(c1cc2c(C)cc(C)c(C)c2o1)C(C)C. The largest absolute Gasteiger partial charge is 0.459 e. The van der Waals surface area contributed by atoms with Crippen molar-refractivity contribution in [1.29, 1.82) is 0 Å². The second-order valence-corrected chi connectivity index (χ2v) is 5.54. The summed E-state index contributed by atoms with van der Waals surface area (Å²) >= 11 is 0. The number of rotatable bonds is 3. The van der Waals surface area contributed by atoms with Gasteiger partial charge in [-0.15, -0.1) is 0 Å². The third-order valence-corrected chi connectivity index (χ3v) is 3.83. The molecule has 2 rings (SSSR count). The van der Waals surface area contributed by atoms with Crippen LogP contribution in [0.2, 0.25) is 0 Å². The van der Waals surface area contributed by atoms with E-state index in [0.717, 1.165) is 11.3 Å². The lowest BCUT2D eigenvalue weighted by Gasteiger charge is -2.17. The molecule has 0 saturated carbocycles. The highest BCUT2D eigenvalue weighted by molar-refractivity contribution is 5.85. The molecule has 1 aromatic heterocycles. The Morgan fingerprint density at radius 3 is 2.28 bits per heavy atom. The minimum Gasteiger partial charge on any atom is -0.459 e. The van der Waals surface area contributed by atoms with Crippen molar-refractivity contribution in [2.45, 2.75) is 40.7 Å². The lowest BCUT2D eigenvalue weighted by molar-refractivity contribution is 0.370. The zero-order valence-corrected chi connectivity index (χ0v) is 12.2. The van der Waals surface area contributed by atoms with Crippen molar-refractivity contribution in [3.05, 3.63) is 34.6 Å². The molecule has 0 fully saturated rings. The summed E-state index contributed by atoms with van der Waals surface area (Å²) in [5.41, 5.74) is 4.89. The fourth-order valence-corrected chi connectivity index (χ4v) is 2.63. The molecule has 0 amide bonds. The Balaban J connectivity index is 2.63. The van der Waals surface area contributed by atoms with Gasteiger partial charge in [0.1, 0.15) is 11.3 Å². The van der Waals surface area contributed by atoms with E-state index in [9.17, 15) is 0 Å². The maximum atomic E-state index is 6.11.